The summed E-state index contributed by atoms with van der Waals surface area (Å²) in [6.07, 6.45) is 3.74. The van der Waals surface area contributed by atoms with Crippen LogP contribution in [0.5, 0.6) is 0 Å². The van der Waals surface area contributed by atoms with Gasteiger partial charge in [0.2, 0.25) is 0 Å². The van der Waals surface area contributed by atoms with Crippen LogP contribution in [-0.4, -0.2) is 43.6 Å². The zero-order valence-electron chi connectivity index (χ0n) is 16.2. The number of aryl methyl sites for hydroxylation is 1. The molecule has 3 heterocycles. The molecule has 1 aliphatic rings. The zero-order chi connectivity index (χ0) is 19.5. The second kappa shape index (κ2) is 8.10. The van der Waals surface area contributed by atoms with Crippen molar-refractivity contribution in [1.29, 1.82) is 0 Å². The fourth-order valence-corrected chi connectivity index (χ4v) is 4.36. The van der Waals surface area contributed by atoms with Crippen molar-refractivity contribution in [2.45, 2.75) is 25.8 Å². The van der Waals surface area contributed by atoms with Gasteiger partial charge in [0, 0.05) is 39.2 Å². The number of carboxylic acid groups (broad SMARTS) is 1. The molecule has 0 radical (unpaired) electrons. The summed E-state index contributed by atoms with van der Waals surface area (Å²) in [5, 5.41) is 9.38. The van der Waals surface area contributed by atoms with Crippen molar-refractivity contribution in [2.75, 3.05) is 13.1 Å². The lowest BCUT2D eigenvalue weighted by molar-refractivity contribution is -0.139. The summed E-state index contributed by atoms with van der Waals surface area (Å²) in [6.45, 7) is 2.59. The fraction of sp³-hybridized carbons (Fsp3) is 0.409. The van der Waals surface area contributed by atoms with Crippen LogP contribution in [0.1, 0.15) is 24.4 Å². The summed E-state index contributed by atoms with van der Waals surface area (Å²) < 4.78 is 2.14. The Morgan fingerprint density at radius 1 is 1.18 bits per heavy atom. The summed E-state index contributed by atoms with van der Waals surface area (Å²) in [5.41, 5.74) is 3.17. The number of benzene rings is 1. The molecule has 1 saturated heterocycles. The Morgan fingerprint density at radius 2 is 2.00 bits per heavy atom. The van der Waals surface area contributed by atoms with Crippen molar-refractivity contribution >= 4 is 17.0 Å². The molecule has 1 aromatic carbocycles. The van der Waals surface area contributed by atoms with Gasteiger partial charge in [-0.05, 0) is 49.1 Å². The first-order valence-corrected chi connectivity index (χ1v) is 9.84. The number of carbonyl (C=O) groups is 1. The number of fused-ring (bicyclic) bond motifs is 1. The molecular weight excluding hydrogens is 352 g/mol. The number of hydrogen-bond donors (Lipinski definition) is 1. The predicted octanol–water partition coefficient (Wildman–Crippen LogP) is 3.12. The third kappa shape index (κ3) is 4.07. The Morgan fingerprint density at radius 3 is 2.75 bits per heavy atom. The van der Waals surface area contributed by atoms with E-state index in [0.717, 1.165) is 55.0 Å². The molecule has 6 heteroatoms. The first kappa shape index (κ1) is 18.6. The van der Waals surface area contributed by atoms with Crippen molar-refractivity contribution in [3.63, 3.8) is 0 Å². The van der Waals surface area contributed by atoms with Crippen molar-refractivity contribution in [3.8, 4) is 0 Å². The number of imidazole rings is 1. The minimum Gasteiger partial charge on any atom is -0.481 e. The first-order valence-electron chi connectivity index (χ1n) is 9.84. The van der Waals surface area contributed by atoms with Gasteiger partial charge in [-0.25, -0.2) is 4.98 Å². The summed E-state index contributed by atoms with van der Waals surface area (Å²) in [5.74, 6) is 0.765. The van der Waals surface area contributed by atoms with Crippen molar-refractivity contribution in [3.05, 3.63) is 60.2 Å². The number of aromatic nitrogens is 3. The molecule has 4 rings (SSSR count). The summed E-state index contributed by atoms with van der Waals surface area (Å²) in [6, 6.07) is 14.1. The maximum Gasteiger partial charge on any atom is 0.303 e. The molecule has 146 valence electrons. The molecule has 0 aliphatic carbocycles. The van der Waals surface area contributed by atoms with Crippen molar-refractivity contribution < 1.29 is 9.90 Å². The second-order valence-corrected chi connectivity index (χ2v) is 7.74. The molecular formula is C22H26N4O2. The molecule has 28 heavy (non-hydrogen) atoms. The van der Waals surface area contributed by atoms with Gasteiger partial charge in [0.05, 0.1) is 16.7 Å². The molecule has 0 spiro atoms. The van der Waals surface area contributed by atoms with Gasteiger partial charge in [0.1, 0.15) is 5.82 Å². The molecule has 2 aromatic heterocycles. The maximum absolute atomic E-state index is 11.4. The van der Waals surface area contributed by atoms with Crippen LogP contribution in [0.2, 0.25) is 0 Å². The van der Waals surface area contributed by atoms with Gasteiger partial charge in [-0.2, -0.15) is 0 Å². The highest BCUT2D eigenvalue weighted by molar-refractivity contribution is 5.75. The molecule has 1 N–H and O–H groups in total. The highest BCUT2D eigenvalue weighted by Gasteiger charge is 2.32. The summed E-state index contributed by atoms with van der Waals surface area (Å²) in [7, 11) is 2.05. The monoisotopic (exact) mass is 378 g/mol. The van der Waals surface area contributed by atoms with Gasteiger partial charge in [-0.1, -0.05) is 18.2 Å². The van der Waals surface area contributed by atoms with E-state index in [-0.39, 0.29) is 18.3 Å². The predicted molar refractivity (Wildman–Crippen MR) is 108 cm³/mol. The first-order chi connectivity index (χ1) is 13.6. The lowest BCUT2D eigenvalue weighted by atomic mass is 9.81. The van der Waals surface area contributed by atoms with Crippen LogP contribution in [0.4, 0.5) is 0 Å². The molecule has 0 bridgehead atoms. The van der Waals surface area contributed by atoms with E-state index < -0.39 is 5.97 Å². The van der Waals surface area contributed by atoms with E-state index in [1.54, 1.807) is 0 Å². The van der Waals surface area contributed by atoms with Gasteiger partial charge in [0.15, 0.2) is 0 Å². The molecule has 0 saturated carbocycles. The van der Waals surface area contributed by atoms with E-state index in [1.165, 1.54) is 0 Å². The van der Waals surface area contributed by atoms with Crippen molar-refractivity contribution in [2.24, 2.45) is 18.9 Å². The lowest BCUT2D eigenvalue weighted by Crippen LogP contribution is -2.42. The molecule has 1 aliphatic heterocycles. The molecule has 3 aromatic rings. The van der Waals surface area contributed by atoms with E-state index in [2.05, 4.69) is 20.5 Å². The van der Waals surface area contributed by atoms with E-state index in [9.17, 15) is 9.90 Å². The SMILES string of the molecule is Cn1c(C[C@H]2CN(Cc3ccccn3)CC[C@H]2CC(=O)O)nc2ccccc21. The minimum absolute atomic E-state index is 0.178. The van der Waals surface area contributed by atoms with Gasteiger partial charge in [-0.15, -0.1) is 0 Å². The highest BCUT2D eigenvalue weighted by atomic mass is 16.4. The van der Waals surface area contributed by atoms with Gasteiger partial charge in [0.25, 0.3) is 0 Å². The summed E-state index contributed by atoms with van der Waals surface area (Å²) >= 11 is 0. The average molecular weight is 378 g/mol. The zero-order valence-corrected chi connectivity index (χ0v) is 16.2. The summed E-state index contributed by atoms with van der Waals surface area (Å²) in [4.78, 5) is 23.1. The Bertz CT molecular complexity index is 954. The molecule has 0 amide bonds. The number of para-hydroxylation sites is 2. The van der Waals surface area contributed by atoms with Gasteiger partial charge in [-0.3, -0.25) is 14.7 Å². The quantitative estimate of drug-likeness (QED) is 0.714. The Balaban J connectivity index is 1.54. The van der Waals surface area contributed by atoms with Crippen LogP contribution in [-0.2, 0) is 24.8 Å². The number of hydrogen-bond acceptors (Lipinski definition) is 4. The molecule has 6 nitrogen and oxygen atoms in total. The smallest absolute Gasteiger partial charge is 0.303 e. The van der Waals surface area contributed by atoms with Crippen LogP contribution >= 0.6 is 0 Å². The number of nitrogens with zero attached hydrogens (tertiary/aromatic N) is 4. The van der Waals surface area contributed by atoms with Crippen LogP contribution in [0.25, 0.3) is 11.0 Å². The normalized spacial score (nSPS) is 20.5. The average Bonchev–Trinajstić information content (AvgIpc) is 3.00. The lowest BCUT2D eigenvalue weighted by Gasteiger charge is -2.38. The van der Waals surface area contributed by atoms with E-state index in [1.807, 2.05) is 49.6 Å². The Hall–Kier alpha value is -2.73. The number of aliphatic carboxylic acids is 1. The Kier molecular flexibility index (Phi) is 5.39. The second-order valence-electron chi connectivity index (χ2n) is 7.74. The van der Waals surface area contributed by atoms with E-state index in [4.69, 9.17) is 4.98 Å². The maximum atomic E-state index is 11.4. The third-order valence-corrected chi connectivity index (χ3v) is 5.85. The van der Waals surface area contributed by atoms with E-state index >= 15 is 0 Å². The topological polar surface area (TPSA) is 71.2 Å². The third-order valence-electron chi connectivity index (χ3n) is 5.85. The fourth-order valence-electron chi connectivity index (χ4n) is 4.36. The number of likely N-dealkylation sites (tertiary alicyclic amines) is 1. The van der Waals surface area contributed by atoms with Crippen molar-refractivity contribution in [1.82, 2.24) is 19.4 Å². The van der Waals surface area contributed by atoms with Crippen LogP contribution < -0.4 is 0 Å². The number of pyridine rings is 1. The Labute approximate surface area is 164 Å². The van der Waals surface area contributed by atoms with Crippen LogP contribution in [0, 0.1) is 11.8 Å². The minimum atomic E-state index is -0.710. The number of carboxylic acids is 1. The molecule has 1 fully saturated rings. The number of piperidine rings is 1. The van der Waals surface area contributed by atoms with Crippen LogP contribution in [0.3, 0.4) is 0 Å². The largest absolute Gasteiger partial charge is 0.481 e. The van der Waals surface area contributed by atoms with Gasteiger partial charge < -0.3 is 9.67 Å². The molecule has 2 atom stereocenters. The molecule has 0 unspecified atom stereocenters. The van der Waals surface area contributed by atoms with Gasteiger partial charge >= 0.3 is 5.97 Å². The number of rotatable bonds is 6. The van der Waals surface area contributed by atoms with E-state index in [0.29, 0.717) is 0 Å². The van der Waals surface area contributed by atoms with Crippen LogP contribution in [0.15, 0.2) is 48.7 Å². The standard InChI is InChI=1S/C22H26N4O2/c1-25-20-8-3-2-7-19(20)24-21(25)12-17-14-26(11-9-16(17)13-22(27)28)15-18-6-4-5-10-23-18/h2-8,10,16-17H,9,11-15H2,1H3,(H,27,28)/t16-,17-/m0/s1. The highest BCUT2D eigenvalue weighted by Crippen LogP contribution is 2.30.